The van der Waals surface area contributed by atoms with Gasteiger partial charge in [-0.2, -0.15) is 0 Å². The van der Waals surface area contributed by atoms with Crippen LogP contribution in [0.15, 0.2) is 41.8 Å². The normalized spacial score (nSPS) is 10.2. The van der Waals surface area contributed by atoms with E-state index in [1.54, 1.807) is 11.3 Å². The number of carbonyl (C=O) groups excluding carboxylic acids is 1. The summed E-state index contributed by atoms with van der Waals surface area (Å²) in [7, 11) is 0. The molecule has 0 spiro atoms. The number of ketones is 1. The molecule has 2 rings (SSSR count). The molecule has 0 saturated carbocycles. The molecule has 0 bridgehead atoms. The SMILES string of the molecule is O=C(Cc1cccs1)c1ccccc1I. The summed E-state index contributed by atoms with van der Waals surface area (Å²) in [5.74, 6) is 0.197. The summed E-state index contributed by atoms with van der Waals surface area (Å²) in [6.07, 6.45) is 0.512. The highest BCUT2D eigenvalue weighted by molar-refractivity contribution is 14.1. The van der Waals surface area contributed by atoms with Crippen molar-refractivity contribution in [1.29, 1.82) is 0 Å². The highest BCUT2D eigenvalue weighted by Crippen LogP contribution is 2.16. The van der Waals surface area contributed by atoms with Gasteiger partial charge in [0, 0.05) is 20.4 Å². The summed E-state index contributed by atoms with van der Waals surface area (Å²) in [5.41, 5.74) is 0.825. The number of hydrogen-bond donors (Lipinski definition) is 0. The van der Waals surface area contributed by atoms with Crippen molar-refractivity contribution in [2.75, 3.05) is 0 Å². The molecule has 0 aliphatic rings. The minimum absolute atomic E-state index is 0.197. The second-order valence-corrected chi connectivity index (χ2v) is 5.35. The van der Waals surface area contributed by atoms with Crippen LogP contribution in [-0.4, -0.2) is 5.78 Å². The Hall–Kier alpha value is -0.680. The maximum Gasteiger partial charge on any atom is 0.169 e. The van der Waals surface area contributed by atoms with E-state index in [1.165, 1.54) is 0 Å². The molecule has 76 valence electrons. The maximum absolute atomic E-state index is 11.9. The third kappa shape index (κ3) is 2.66. The van der Waals surface area contributed by atoms with E-state index >= 15 is 0 Å². The van der Waals surface area contributed by atoms with Gasteiger partial charge in [-0.3, -0.25) is 4.79 Å². The molecule has 0 fully saturated rings. The van der Waals surface area contributed by atoms with Gasteiger partial charge in [0.05, 0.1) is 0 Å². The third-order valence-electron chi connectivity index (χ3n) is 2.09. The van der Waals surface area contributed by atoms with Crippen LogP contribution in [0.5, 0.6) is 0 Å². The molecule has 3 heteroatoms. The number of Topliss-reactive ketones (excluding diaryl/α,β-unsaturated/α-hetero) is 1. The summed E-state index contributed by atoms with van der Waals surface area (Å²) >= 11 is 3.83. The number of thiophene rings is 1. The Balaban J connectivity index is 2.19. The van der Waals surface area contributed by atoms with Gasteiger partial charge in [0.1, 0.15) is 0 Å². The summed E-state index contributed by atoms with van der Waals surface area (Å²) in [6.45, 7) is 0. The van der Waals surface area contributed by atoms with Crippen molar-refractivity contribution in [1.82, 2.24) is 0 Å². The Kier molecular flexibility index (Phi) is 3.53. The van der Waals surface area contributed by atoms with Crippen LogP contribution in [0.1, 0.15) is 15.2 Å². The zero-order valence-electron chi connectivity index (χ0n) is 7.94. The van der Waals surface area contributed by atoms with E-state index in [4.69, 9.17) is 0 Å². The van der Waals surface area contributed by atoms with Gasteiger partial charge >= 0.3 is 0 Å². The van der Waals surface area contributed by atoms with Crippen LogP contribution in [-0.2, 0) is 6.42 Å². The fraction of sp³-hybridized carbons (Fsp3) is 0.0833. The molecule has 0 unspecified atom stereocenters. The maximum atomic E-state index is 11.9. The molecular weight excluding hydrogens is 319 g/mol. The molecule has 0 radical (unpaired) electrons. The van der Waals surface area contributed by atoms with Crippen LogP contribution in [0.3, 0.4) is 0 Å². The minimum atomic E-state index is 0.197. The van der Waals surface area contributed by atoms with Crippen LogP contribution in [0.25, 0.3) is 0 Å². The number of rotatable bonds is 3. The highest BCUT2D eigenvalue weighted by atomic mass is 127. The standard InChI is InChI=1S/C12H9IOS/c13-11-6-2-1-5-10(11)12(14)8-9-4-3-7-15-9/h1-7H,8H2. The van der Waals surface area contributed by atoms with E-state index in [-0.39, 0.29) is 5.78 Å². The van der Waals surface area contributed by atoms with Crippen LogP contribution in [0.4, 0.5) is 0 Å². The monoisotopic (exact) mass is 328 g/mol. The molecule has 1 aromatic heterocycles. The first-order valence-corrected chi connectivity index (χ1v) is 6.53. The first-order chi connectivity index (χ1) is 7.27. The molecule has 0 aliphatic carbocycles. The Bertz CT molecular complexity index is 462. The van der Waals surface area contributed by atoms with Gasteiger partial charge in [0.15, 0.2) is 5.78 Å². The average molecular weight is 328 g/mol. The molecule has 0 atom stereocenters. The van der Waals surface area contributed by atoms with Gasteiger partial charge in [-0.25, -0.2) is 0 Å². The van der Waals surface area contributed by atoms with Crippen LogP contribution in [0, 0.1) is 3.57 Å². The fourth-order valence-electron chi connectivity index (χ4n) is 1.35. The quantitative estimate of drug-likeness (QED) is 0.619. The Morgan fingerprint density at radius 3 is 2.67 bits per heavy atom. The lowest BCUT2D eigenvalue weighted by molar-refractivity contribution is 0.0993. The van der Waals surface area contributed by atoms with Crippen molar-refractivity contribution < 1.29 is 4.79 Å². The molecule has 1 heterocycles. The molecule has 2 aromatic rings. The molecule has 15 heavy (non-hydrogen) atoms. The van der Waals surface area contributed by atoms with Crippen molar-refractivity contribution in [3.63, 3.8) is 0 Å². The van der Waals surface area contributed by atoms with E-state index in [1.807, 2.05) is 41.8 Å². The van der Waals surface area contributed by atoms with Gasteiger partial charge in [-0.05, 0) is 40.1 Å². The fourth-order valence-corrected chi connectivity index (χ4v) is 2.75. The zero-order chi connectivity index (χ0) is 10.7. The Morgan fingerprint density at radius 1 is 1.20 bits per heavy atom. The Labute approximate surface area is 106 Å². The lowest BCUT2D eigenvalue weighted by Gasteiger charge is -2.01. The Morgan fingerprint density at radius 2 is 2.00 bits per heavy atom. The third-order valence-corrected chi connectivity index (χ3v) is 3.91. The average Bonchev–Trinajstić information content (AvgIpc) is 2.71. The summed E-state index contributed by atoms with van der Waals surface area (Å²) in [5, 5.41) is 2.00. The van der Waals surface area contributed by atoms with Crippen molar-refractivity contribution in [2.45, 2.75) is 6.42 Å². The van der Waals surface area contributed by atoms with Crippen molar-refractivity contribution in [2.24, 2.45) is 0 Å². The number of benzene rings is 1. The number of halogens is 1. The predicted molar refractivity (Wildman–Crippen MR) is 71.5 cm³/mol. The molecule has 0 N–H and O–H groups in total. The van der Waals surface area contributed by atoms with Crippen molar-refractivity contribution in [3.05, 3.63) is 55.8 Å². The zero-order valence-corrected chi connectivity index (χ0v) is 10.9. The van der Waals surface area contributed by atoms with E-state index in [2.05, 4.69) is 22.6 Å². The van der Waals surface area contributed by atoms with E-state index in [0.29, 0.717) is 6.42 Å². The van der Waals surface area contributed by atoms with E-state index in [9.17, 15) is 4.79 Å². The van der Waals surface area contributed by atoms with Gasteiger partial charge in [-0.15, -0.1) is 11.3 Å². The first-order valence-electron chi connectivity index (χ1n) is 4.57. The van der Waals surface area contributed by atoms with Crippen LogP contribution >= 0.6 is 33.9 Å². The second-order valence-electron chi connectivity index (χ2n) is 3.16. The molecule has 1 nitrogen and oxygen atoms in total. The summed E-state index contributed by atoms with van der Waals surface area (Å²) < 4.78 is 1.02. The summed E-state index contributed by atoms with van der Waals surface area (Å²) in [6, 6.07) is 11.7. The molecule has 0 amide bonds. The van der Waals surface area contributed by atoms with E-state index in [0.717, 1.165) is 14.0 Å². The smallest absolute Gasteiger partial charge is 0.169 e. The largest absolute Gasteiger partial charge is 0.294 e. The second kappa shape index (κ2) is 4.90. The minimum Gasteiger partial charge on any atom is -0.294 e. The predicted octanol–water partition coefficient (Wildman–Crippen LogP) is 3.78. The molecular formula is C12H9IOS. The van der Waals surface area contributed by atoms with E-state index < -0.39 is 0 Å². The topological polar surface area (TPSA) is 17.1 Å². The van der Waals surface area contributed by atoms with Gasteiger partial charge in [-0.1, -0.05) is 24.3 Å². The lowest BCUT2D eigenvalue weighted by atomic mass is 10.1. The number of carbonyl (C=O) groups is 1. The van der Waals surface area contributed by atoms with Crippen LogP contribution < -0.4 is 0 Å². The van der Waals surface area contributed by atoms with Crippen LogP contribution in [0.2, 0.25) is 0 Å². The lowest BCUT2D eigenvalue weighted by Crippen LogP contribution is -2.04. The number of hydrogen-bond acceptors (Lipinski definition) is 2. The molecule has 0 aliphatic heterocycles. The molecule has 1 aromatic carbocycles. The van der Waals surface area contributed by atoms with Gasteiger partial charge in [0.25, 0.3) is 0 Å². The molecule has 0 saturated heterocycles. The van der Waals surface area contributed by atoms with Crippen molar-refractivity contribution in [3.8, 4) is 0 Å². The summed E-state index contributed by atoms with van der Waals surface area (Å²) in [4.78, 5) is 13.1. The van der Waals surface area contributed by atoms with Gasteiger partial charge < -0.3 is 0 Å². The van der Waals surface area contributed by atoms with Crippen molar-refractivity contribution >= 4 is 39.7 Å². The highest BCUT2D eigenvalue weighted by Gasteiger charge is 2.10. The first kappa shape index (κ1) is 10.8. The van der Waals surface area contributed by atoms with Gasteiger partial charge in [0.2, 0.25) is 0 Å².